The van der Waals surface area contributed by atoms with Gasteiger partial charge < -0.3 is 15.5 Å². The van der Waals surface area contributed by atoms with Crippen molar-refractivity contribution >= 4 is 17.3 Å². The van der Waals surface area contributed by atoms with Gasteiger partial charge in [0.05, 0.1) is 6.54 Å². The van der Waals surface area contributed by atoms with E-state index in [9.17, 15) is 0 Å². The maximum atomic E-state index is 4.77. The van der Waals surface area contributed by atoms with E-state index in [0.29, 0.717) is 6.04 Å². The Morgan fingerprint density at radius 3 is 2.95 bits per heavy atom. The molecule has 2 N–H and O–H groups in total. The van der Waals surface area contributed by atoms with Gasteiger partial charge in [0.15, 0.2) is 5.96 Å². The van der Waals surface area contributed by atoms with Crippen molar-refractivity contribution < 1.29 is 0 Å². The van der Waals surface area contributed by atoms with Gasteiger partial charge in [0, 0.05) is 43.6 Å². The molecule has 1 saturated heterocycles. The lowest BCUT2D eigenvalue weighted by molar-refractivity contribution is 0.119. The van der Waals surface area contributed by atoms with Crippen LogP contribution in [0.1, 0.15) is 11.8 Å². The number of hydrogen-bond donors (Lipinski definition) is 2. The van der Waals surface area contributed by atoms with Crippen LogP contribution >= 0.6 is 11.3 Å². The highest BCUT2D eigenvalue weighted by molar-refractivity contribution is 7.09. The first kappa shape index (κ1) is 17.2. The SMILES string of the molecule is CCNC(=NCC1CN(C)CCN1C)NCCc1cccs1. The van der Waals surface area contributed by atoms with Gasteiger partial charge >= 0.3 is 0 Å². The fourth-order valence-corrected chi connectivity index (χ4v) is 3.30. The molecule has 0 amide bonds. The zero-order valence-electron chi connectivity index (χ0n) is 14.0. The van der Waals surface area contributed by atoms with Crippen LogP contribution in [0.15, 0.2) is 22.5 Å². The summed E-state index contributed by atoms with van der Waals surface area (Å²) in [5.41, 5.74) is 0. The van der Waals surface area contributed by atoms with Crippen molar-refractivity contribution in [3.8, 4) is 0 Å². The summed E-state index contributed by atoms with van der Waals surface area (Å²) in [6, 6.07) is 4.80. The maximum absolute atomic E-state index is 4.77. The Bertz CT molecular complexity index is 445. The second-order valence-corrected chi connectivity index (χ2v) is 6.90. The molecule has 22 heavy (non-hydrogen) atoms. The minimum Gasteiger partial charge on any atom is -0.357 e. The minimum absolute atomic E-state index is 0.506. The third-order valence-electron chi connectivity index (χ3n) is 4.03. The van der Waals surface area contributed by atoms with Gasteiger partial charge in [-0.2, -0.15) is 0 Å². The van der Waals surface area contributed by atoms with Crippen LogP contribution in [0.5, 0.6) is 0 Å². The van der Waals surface area contributed by atoms with Gasteiger partial charge in [-0.1, -0.05) is 6.07 Å². The molecule has 1 unspecified atom stereocenters. The molecule has 1 aromatic heterocycles. The molecule has 2 rings (SSSR count). The normalized spacial score (nSPS) is 21.0. The number of thiophene rings is 1. The number of guanidine groups is 1. The van der Waals surface area contributed by atoms with Crippen LogP contribution in [0.2, 0.25) is 0 Å². The molecule has 0 bridgehead atoms. The second-order valence-electron chi connectivity index (χ2n) is 5.87. The number of piperazine rings is 1. The van der Waals surface area contributed by atoms with Crippen LogP contribution in [-0.2, 0) is 6.42 Å². The first-order valence-electron chi connectivity index (χ1n) is 8.12. The molecule has 0 aromatic carbocycles. The zero-order chi connectivity index (χ0) is 15.8. The molecule has 0 aliphatic carbocycles. The van der Waals surface area contributed by atoms with Crippen LogP contribution < -0.4 is 10.6 Å². The van der Waals surface area contributed by atoms with E-state index in [-0.39, 0.29) is 0 Å². The van der Waals surface area contributed by atoms with E-state index in [1.54, 1.807) is 0 Å². The molecule has 5 nitrogen and oxygen atoms in total. The monoisotopic (exact) mass is 323 g/mol. The summed E-state index contributed by atoms with van der Waals surface area (Å²) in [4.78, 5) is 11.0. The number of rotatable bonds is 6. The van der Waals surface area contributed by atoms with Gasteiger partial charge in [-0.25, -0.2) is 0 Å². The van der Waals surface area contributed by atoms with Crippen LogP contribution in [0.25, 0.3) is 0 Å². The molecule has 0 saturated carbocycles. The molecule has 6 heteroatoms. The Kier molecular flexibility index (Phi) is 7.15. The van der Waals surface area contributed by atoms with Gasteiger partial charge in [0.2, 0.25) is 0 Å². The highest BCUT2D eigenvalue weighted by Gasteiger charge is 2.21. The largest absolute Gasteiger partial charge is 0.357 e. The number of nitrogens with zero attached hydrogens (tertiary/aromatic N) is 3. The van der Waals surface area contributed by atoms with E-state index in [0.717, 1.165) is 51.6 Å². The van der Waals surface area contributed by atoms with Crippen molar-refractivity contribution in [2.75, 3.05) is 53.4 Å². The first-order valence-corrected chi connectivity index (χ1v) is 9.00. The van der Waals surface area contributed by atoms with E-state index in [2.05, 4.69) is 59.0 Å². The third kappa shape index (κ3) is 5.59. The van der Waals surface area contributed by atoms with Gasteiger partial charge in [-0.3, -0.25) is 9.89 Å². The van der Waals surface area contributed by atoms with Crippen LogP contribution in [-0.4, -0.2) is 75.2 Å². The highest BCUT2D eigenvalue weighted by Crippen LogP contribution is 2.08. The smallest absolute Gasteiger partial charge is 0.191 e. The molecular weight excluding hydrogens is 294 g/mol. The van der Waals surface area contributed by atoms with Crippen molar-refractivity contribution in [3.05, 3.63) is 22.4 Å². The number of nitrogens with one attached hydrogen (secondary N) is 2. The number of likely N-dealkylation sites (N-methyl/N-ethyl adjacent to an activating group) is 2. The summed E-state index contributed by atoms with van der Waals surface area (Å²) in [5, 5.41) is 8.91. The lowest BCUT2D eigenvalue weighted by Gasteiger charge is -2.36. The average Bonchev–Trinajstić information content (AvgIpc) is 3.01. The quantitative estimate of drug-likeness (QED) is 0.608. The standard InChI is InChI=1S/C16H29N5S/c1-4-17-16(18-8-7-15-6-5-11-22-15)19-12-14-13-20(2)9-10-21(14)3/h5-6,11,14H,4,7-10,12-13H2,1-3H3,(H2,17,18,19). The van der Waals surface area contributed by atoms with Crippen molar-refractivity contribution in [2.24, 2.45) is 4.99 Å². The third-order valence-corrected chi connectivity index (χ3v) is 4.96. The molecule has 1 aromatic rings. The molecule has 1 aliphatic heterocycles. The van der Waals surface area contributed by atoms with Gasteiger partial charge in [-0.05, 0) is 38.9 Å². The van der Waals surface area contributed by atoms with E-state index in [1.165, 1.54) is 4.88 Å². The lowest BCUT2D eigenvalue weighted by Crippen LogP contribution is -2.51. The average molecular weight is 324 g/mol. The van der Waals surface area contributed by atoms with Gasteiger partial charge in [0.1, 0.15) is 0 Å². The highest BCUT2D eigenvalue weighted by atomic mass is 32.1. The molecule has 0 radical (unpaired) electrons. The van der Waals surface area contributed by atoms with E-state index in [4.69, 9.17) is 4.99 Å². The summed E-state index contributed by atoms with van der Waals surface area (Å²) < 4.78 is 0. The predicted octanol–water partition coefficient (Wildman–Crippen LogP) is 1.09. The van der Waals surface area contributed by atoms with Crippen molar-refractivity contribution in [1.29, 1.82) is 0 Å². The maximum Gasteiger partial charge on any atom is 0.191 e. The van der Waals surface area contributed by atoms with E-state index in [1.807, 2.05) is 11.3 Å². The molecule has 2 heterocycles. The summed E-state index contributed by atoms with van der Waals surface area (Å²) in [7, 11) is 4.39. The minimum atomic E-state index is 0.506. The Balaban J connectivity index is 1.80. The number of aliphatic imine (C=N–C) groups is 1. The van der Waals surface area contributed by atoms with Crippen LogP contribution in [0, 0.1) is 0 Å². The van der Waals surface area contributed by atoms with Crippen LogP contribution in [0.4, 0.5) is 0 Å². The van der Waals surface area contributed by atoms with Crippen LogP contribution in [0.3, 0.4) is 0 Å². The fraction of sp³-hybridized carbons (Fsp3) is 0.688. The molecule has 0 spiro atoms. The van der Waals surface area contributed by atoms with E-state index < -0.39 is 0 Å². The summed E-state index contributed by atoms with van der Waals surface area (Å²) in [6.45, 7) is 8.13. The summed E-state index contributed by atoms with van der Waals surface area (Å²) in [6.07, 6.45) is 1.05. The molecule has 1 fully saturated rings. The Morgan fingerprint density at radius 1 is 1.36 bits per heavy atom. The first-order chi connectivity index (χ1) is 10.7. The lowest BCUT2D eigenvalue weighted by atomic mass is 10.2. The molecule has 1 aliphatic rings. The van der Waals surface area contributed by atoms with E-state index >= 15 is 0 Å². The summed E-state index contributed by atoms with van der Waals surface area (Å²) in [5.74, 6) is 0.931. The Labute approximate surface area is 138 Å². The second kappa shape index (κ2) is 9.12. The van der Waals surface area contributed by atoms with Crippen molar-refractivity contribution in [2.45, 2.75) is 19.4 Å². The Morgan fingerprint density at radius 2 is 2.23 bits per heavy atom. The Hall–Kier alpha value is -1.11. The molecule has 1 atom stereocenters. The summed E-state index contributed by atoms with van der Waals surface area (Å²) >= 11 is 1.81. The topological polar surface area (TPSA) is 42.9 Å². The zero-order valence-corrected chi connectivity index (χ0v) is 14.8. The van der Waals surface area contributed by atoms with Gasteiger partial charge in [-0.15, -0.1) is 11.3 Å². The molecular formula is C16H29N5S. The predicted molar refractivity (Wildman–Crippen MR) is 95.9 cm³/mol. The van der Waals surface area contributed by atoms with Crippen molar-refractivity contribution in [3.63, 3.8) is 0 Å². The fourth-order valence-electron chi connectivity index (χ4n) is 2.60. The van der Waals surface area contributed by atoms with Gasteiger partial charge in [0.25, 0.3) is 0 Å². The van der Waals surface area contributed by atoms with Crippen molar-refractivity contribution in [1.82, 2.24) is 20.4 Å². The number of hydrogen-bond acceptors (Lipinski definition) is 4. The molecule has 124 valence electrons.